The predicted octanol–water partition coefficient (Wildman–Crippen LogP) is 6.52. The van der Waals surface area contributed by atoms with Crippen LogP contribution < -0.4 is 0 Å². The molecule has 24 heavy (non-hydrogen) atoms. The second-order valence-corrected chi connectivity index (χ2v) is 7.60. The average Bonchev–Trinajstić information content (AvgIpc) is 3.09. The second kappa shape index (κ2) is 4.41. The number of nitrogens with one attached hydrogen (secondary N) is 1. The van der Waals surface area contributed by atoms with Gasteiger partial charge in [0.25, 0.3) is 0 Å². The van der Waals surface area contributed by atoms with E-state index in [-0.39, 0.29) is 5.41 Å². The summed E-state index contributed by atoms with van der Waals surface area (Å²) in [5.74, 6) is 0. The Balaban J connectivity index is 1.93. The van der Waals surface area contributed by atoms with Gasteiger partial charge in [-0.05, 0) is 34.6 Å². The maximum Gasteiger partial charge on any atom is 0.160 e. The summed E-state index contributed by atoms with van der Waals surface area (Å²) in [6, 6.07) is 19.3. The van der Waals surface area contributed by atoms with Crippen molar-refractivity contribution in [3.63, 3.8) is 0 Å². The molecule has 0 bridgehead atoms. The Morgan fingerprint density at radius 1 is 0.792 bits per heavy atom. The molecule has 0 spiro atoms. The van der Waals surface area contributed by atoms with E-state index < -0.39 is 0 Å². The monoisotopic (exact) mass is 313 g/mol. The van der Waals surface area contributed by atoms with Crippen LogP contribution in [-0.2, 0) is 5.41 Å². The summed E-state index contributed by atoms with van der Waals surface area (Å²) in [4.78, 5) is 3.55. The van der Waals surface area contributed by atoms with Crippen molar-refractivity contribution in [2.45, 2.75) is 26.2 Å². The molecule has 0 amide bonds. The number of H-pyrrole nitrogens is 1. The zero-order valence-corrected chi connectivity index (χ0v) is 14.1. The van der Waals surface area contributed by atoms with Gasteiger partial charge in [0.05, 0.1) is 5.52 Å². The highest BCUT2D eigenvalue weighted by atomic mass is 16.3. The van der Waals surface area contributed by atoms with Gasteiger partial charge >= 0.3 is 0 Å². The van der Waals surface area contributed by atoms with Gasteiger partial charge in [-0.25, -0.2) is 0 Å². The van der Waals surface area contributed by atoms with Gasteiger partial charge in [0, 0.05) is 21.7 Å². The van der Waals surface area contributed by atoms with Gasteiger partial charge in [-0.1, -0.05) is 57.2 Å². The zero-order chi connectivity index (χ0) is 16.5. The second-order valence-electron chi connectivity index (χ2n) is 7.60. The lowest BCUT2D eigenvalue weighted by atomic mass is 9.86. The number of benzene rings is 3. The van der Waals surface area contributed by atoms with Crippen LogP contribution in [0.4, 0.5) is 0 Å². The lowest BCUT2D eigenvalue weighted by Crippen LogP contribution is -2.10. The Morgan fingerprint density at radius 2 is 1.62 bits per heavy atom. The normalized spacial score (nSPS) is 12.8. The van der Waals surface area contributed by atoms with E-state index in [9.17, 15) is 0 Å². The first-order valence-electron chi connectivity index (χ1n) is 8.38. The molecule has 5 aromatic rings. The smallest absolute Gasteiger partial charge is 0.160 e. The first kappa shape index (κ1) is 13.7. The third-order valence-electron chi connectivity index (χ3n) is 4.97. The summed E-state index contributed by atoms with van der Waals surface area (Å²) >= 11 is 0. The lowest BCUT2D eigenvalue weighted by Gasteiger charge is -2.18. The van der Waals surface area contributed by atoms with Crippen LogP contribution in [0.25, 0.3) is 43.7 Å². The molecule has 2 aromatic heterocycles. The highest BCUT2D eigenvalue weighted by molar-refractivity contribution is 6.19. The lowest BCUT2D eigenvalue weighted by molar-refractivity contribution is 0.591. The molecule has 3 aromatic carbocycles. The van der Waals surface area contributed by atoms with Crippen molar-refractivity contribution in [3.05, 3.63) is 60.2 Å². The van der Waals surface area contributed by atoms with E-state index in [0.717, 1.165) is 33.0 Å². The van der Waals surface area contributed by atoms with Gasteiger partial charge in [-0.2, -0.15) is 0 Å². The molecular formula is C22H19NO. The summed E-state index contributed by atoms with van der Waals surface area (Å²) in [6.07, 6.45) is 0. The molecule has 0 radical (unpaired) electrons. The highest BCUT2D eigenvalue weighted by Gasteiger charge is 2.18. The van der Waals surface area contributed by atoms with Crippen LogP contribution in [0.5, 0.6) is 0 Å². The number of hydrogen-bond acceptors (Lipinski definition) is 1. The molecule has 1 N–H and O–H groups in total. The Kier molecular flexibility index (Phi) is 2.52. The fourth-order valence-corrected chi connectivity index (χ4v) is 3.58. The highest BCUT2D eigenvalue weighted by Crippen LogP contribution is 2.38. The number of fused-ring (bicyclic) bond motifs is 7. The Morgan fingerprint density at radius 3 is 2.46 bits per heavy atom. The molecule has 0 fully saturated rings. The van der Waals surface area contributed by atoms with E-state index in [1.165, 1.54) is 16.3 Å². The summed E-state index contributed by atoms with van der Waals surface area (Å²) < 4.78 is 6.36. The predicted molar refractivity (Wildman–Crippen MR) is 102 cm³/mol. The maximum absolute atomic E-state index is 6.36. The van der Waals surface area contributed by atoms with Crippen LogP contribution >= 0.6 is 0 Å². The molecule has 118 valence electrons. The number of aromatic amines is 1. The fraction of sp³-hybridized carbons (Fsp3) is 0.182. The quantitative estimate of drug-likeness (QED) is 0.346. The molecule has 2 heterocycles. The molecule has 2 heteroatoms. The minimum Gasteiger partial charge on any atom is -0.453 e. The molecule has 5 rings (SSSR count). The number of rotatable bonds is 0. The largest absolute Gasteiger partial charge is 0.453 e. The van der Waals surface area contributed by atoms with Crippen LogP contribution in [0.15, 0.2) is 59.0 Å². The van der Waals surface area contributed by atoms with Gasteiger partial charge in [0.15, 0.2) is 5.58 Å². The summed E-state index contributed by atoms with van der Waals surface area (Å²) in [6.45, 7) is 6.72. The average molecular weight is 313 g/mol. The fourth-order valence-electron chi connectivity index (χ4n) is 3.58. The maximum atomic E-state index is 6.36. The third kappa shape index (κ3) is 1.77. The molecule has 0 atom stereocenters. The molecule has 2 nitrogen and oxygen atoms in total. The van der Waals surface area contributed by atoms with Crippen LogP contribution in [0.1, 0.15) is 26.3 Å². The van der Waals surface area contributed by atoms with E-state index in [1.807, 2.05) is 0 Å². The van der Waals surface area contributed by atoms with Crippen LogP contribution in [0.2, 0.25) is 0 Å². The Labute approximate surface area is 140 Å². The van der Waals surface area contributed by atoms with Gasteiger partial charge in [-0.3, -0.25) is 0 Å². The van der Waals surface area contributed by atoms with Crippen molar-refractivity contribution in [2.75, 3.05) is 0 Å². The minimum atomic E-state index is 0.122. The number of furan rings is 1. The van der Waals surface area contributed by atoms with Crippen molar-refractivity contribution in [3.8, 4) is 0 Å². The minimum absolute atomic E-state index is 0.122. The molecule has 0 aliphatic rings. The SMILES string of the molecule is CC(C)(C)c1ccc2[nH]c3c4ccc5ccccc5c4oc3c2c1. The van der Waals surface area contributed by atoms with Crippen molar-refractivity contribution in [2.24, 2.45) is 0 Å². The Bertz CT molecular complexity index is 1230. The van der Waals surface area contributed by atoms with Gasteiger partial charge in [-0.15, -0.1) is 0 Å². The van der Waals surface area contributed by atoms with Crippen LogP contribution in [-0.4, -0.2) is 4.98 Å². The van der Waals surface area contributed by atoms with E-state index >= 15 is 0 Å². The first-order chi connectivity index (χ1) is 11.5. The van der Waals surface area contributed by atoms with E-state index in [2.05, 4.69) is 80.4 Å². The standard InChI is InChI=1S/C22H19NO/c1-22(2,3)14-9-11-18-17(12-14)21-19(23-18)16-10-8-13-6-4-5-7-15(13)20(16)24-21/h4-12,23H,1-3H3. The van der Waals surface area contributed by atoms with E-state index in [1.54, 1.807) is 0 Å². The zero-order valence-electron chi connectivity index (χ0n) is 14.1. The van der Waals surface area contributed by atoms with Crippen molar-refractivity contribution >= 4 is 43.7 Å². The summed E-state index contributed by atoms with van der Waals surface area (Å²) in [5.41, 5.74) is 5.60. The Hall–Kier alpha value is -2.74. The van der Waals surface area contributed by atoms with Gasteiger partial charge in [0.2, 0.25) is 0 Å². The summed E-state index contributed by atoms with van der Waals surface area (Å²) in [7, 11) is 0. The van der Waals surface area contributed by atoms with E-state index in [0.29, 0.717) is 0 Å². The molecule has 0 aliphatic heterocycles. The molecule has 0 saturated carbocycles. The summed E-state index contributed by atoms with van der Waals surface area (Å²) in [5, 5.41) is 4.69. The number of aromatic nitrogens is 1. The molecular weight excluding hydrogens is 294 g/mol. The topological polar surface area (TPSA) is 28.9 Å². The van der Waals surface area contributed by atoms with Gasteiger partial charge in [0.1, 0.15) is 5.58 Å². The van der Waals surface area contributed by atoms with Gasteiger partial charge < -0.3 is 9.40 Å². The molecule has 0 saturated heterocycles. The van der Waals surface area contributed by atoms with Crippen molar-refractivity contribution in [1.82, 2.24) is 4.98 Å². The number of hydrogen-bond donors (Lipinski definition) is 1. The molecule has 0 aliphatic carbocycles. The molecule has 0 unspecified atom stereocenters. The first-order valence-corrected chi connectivity index (χ1v) is 8.38. The van der Waals surface area contributed by atoms with Crippen molar-refractivity contribution < 1.29 is 4.42 Å². The van der Waals surface area contributed by atoms with E-state index in [4.69, 9.17) is 4.42 Å². The van der Waals surface area contributed by atoms with Crippen LogP contribution in [0.3, 0.4) is 0 Å². The van der Waals surface area contributed by atoms with Crippen molar-refractivity contribution in [1.29, 1.82) is 0 Å². The van der Waals surface area contributed by atoms with Crippen LogP contribution in [0, 0.1) is 0 Å². The third-order valence-corrected chi connectivity index (χ3v) is 4.97.